The van der Waals surface area contributed by atoms with E-state index in [1.54, 1.807) is 48.3 Å². The van der Waals surface area contributed by atoms with Crippen molar-refractivity contribution in [3.05, 3.63) is 60.2 Å². The normalized spacial score (nSPS) is 12.2. The number of nitrogens with one attached hydrogen (secondary N) is 1. The Labute approximate surface area is 133 Å². The SMILES string of the molecule is C/C=C/CC(NC(=O)c1ccccc1Cn1cncn1)C(=O)O. The summed E-state index contributed by atoms with van der Waals surface area (Å²) in [5.41, 5.74) is 1.17. The summed E-state index contributed by atoms with van der Waals surface area (Å²) in [7, 11) is 0. The smallest absolute Gasteiger partial charge is 0.326 e. The maximum absolute atomic E-state index is 12.4. The summed E-state index contributed by atoms with van der Waals surface area (Å²) in [6, 6.07) is 6.06. The molecular weight excluding hydrogens is 296 g/mol. The number of carbonyl (C=O) groups excluding carboxylic acids is 1. The van der Waals surface area contributed by atoms with Crippen LogP contribution in [0.5, 0.6) is 0 Å². The van der Waals surface area contributed by atoms with Gasteiger partial charge in [0.05, 0.1) is 6.54 Å². The van der Waals surface area contributed by atoms with Crippen molar-refractivity contribution in [2.24, 2.45) is 0 Å². The molecule has 0 saturated carbocycles. The van der Waals surface area contributed by atoms with Gasteiger partial charge in [0, 0.05) is 5.56 Å². The number of carboxylic acid groups (broad SMARTS) is 1. The minimum atomic E-state index is -1.06. The molecule has 1 atom stereocenters. The van der Waals surface area contributed by atoms with Crippen molar-refractivity contribution in [1.29, 1.82) is 0 Å². The Hall–Kier alpha value is -2.96. The van der Waals surface area contributed by atoms with Gasteiger partial charge in [0.1, 0.15) is 18.7 Å². The highest BCUT2D eigenvalue weighted by molar-refractivity contribution is 5.97. The fraction of sp³-hybridized carbons (Fsp3) is 0.250. The van der Waals surface area contributed by atoms with Crippen LogP contribution in [0.2, 0.25) is 0 Å². The van der Waals surface area contributed by atoms with Gasteiger partial charge in [0.25, 0.3) is 5.91 Å². The Morgan fingerprint density at radius 2 is 2.17 bits per heavy atom. The molecule has 2 N–H and O–H groups in total. The molecule has 7 heteroatoms. The first-order chi connectivity index (χ1) is 11.1. The predicted octanol–water partition coefficient (Wildman–Crippen LogP) is 1.48. The largest absolute Gasteiger partial charge is 0.480 e. The van der Waals surface area contributed by atoms with Gasteiger partial charge in [0.15, 0.2) is 0 Å². The summed E-state index contributed by atoms with van der Waals surface area (Å²) in [5, 5.41) is 15.8. The van der Waals surface area contributed by atoms with Gasteiger partial charge in [-0.25, -0.2) is 14.5 Å². The van der Waals surface area contributed by atoms with Crippen LogP contribution in [0.3, 0.4) is 0 Å². The van der Waals surface area contributed by atoms with Crippen LogP contribution < -0.4 is 5.32 Å². The lowest BCUT2D eigenvalue weighted by atomic mass is 10.1. The summed E-state index contributed by atoms with van der Waals surface area (Å²) >= 11 is 0. The lowest BCUT2D eigenvalue weighted by Gasteiger charge is -2.15. The molecule has 0 radical (unpaired) electrons. The third-order valence-corrected chi connectivity index (χ3v) is 3.27. The summed E-state index contributed by atoms with van der Waals surface area (Å²) in [6.45, 7) is 2.18. The number of aliphatic carboxylic acids is 1. The average molecular weight is 314 g/mol. The molecule has 1 heterocycles. The molecule has 1 aromatic heterocycles. The number of nitrogens with zero attached hydrogens (tertiary/aromatic N) is 3. The number of allylic oxidation sites excluding steroid dienone is 1. The van der Waals surface area contributed by atoms with E-state index in [9.17, 15) is 14.7 Å². The molecule has 0 fully saturated rings. The second kappa shape index (κ2) is 7.88. The number of benzene rings is 1. The summed E-state index contributed by atoms with van der Waals surface area (Å²) in [6.07, 6.45) is 6.67. The number of hydrogen-bond donors (Lipinski definition) is 2. The third-order valence-electron chi connectivity index (χ3n) is 3.27. The quantitative estimate of drug-likeness (QED) is 0.754. The Balaban J connectivity index is 2.16. The summed E-state index contributed by atoms with van der Waals surface area (Å²) in [5.74, 6) is -1.48. The molecule has 1 amide bonds. The van der Waals surface area contributed by atoms with Gasteiger partial charge in [-0.3, -0.25) is 4.79 Å². The minimum Gasteiger partial charge on any atom is -0.480 e. The van der Waals surface area contributed by atoms with E-state index in [1.165, 1.54) is 6.33 Å². The highest BCUT2D eigenvalue weighted by Gasteiger charge is 2.20. The van der Waals surface area contributed by atoms with Crippen molar-refractivity contribution < 1.29 is 14.7 Å². The Morgan fingerprint density at radius 3 is 2.83 bits per heavy atom. The first kappa shape index (κ1) is 16.4. The van der Waals surface area contributed by atoms with Crippen LogP contribution in [-0.2, 0) is 11.3 Å². The minimum absolute atomic E-state index is 0.239. The van der Waals surface area contributed by atoms with Gasteiger partial charge in [-0.05, 0) is 25.0 Å². The van der Waals surface area contributed by atoms with Crippen molar-refractivity contribution in [2.75, 3.05) is 0 Å². The number of aromatic nitrogens is 3. The van der Waals surface area contributed by atoms with E-state index in [0.717, 1.165) is 5.56 Å². The van der Waals surface area contributed by atoms with Gasteiger partial charge in [-0.15, -0.1) is 0 Å². The predicted molar refractivity (Wildman–Crippen MR) is 83.9 cm³/mol. The number of hydrogen-bond acceptors (Lipinski definition) is 4. The molecule has 1 aromatic carbocycles. The lowest BCUT2D eigenvalue weighted by molar-refractivity contribution is -0.139. The lowest BCUT2D eigenvalue weighted by Crippen LogP contribution is -2.40. The van der Waals surface area contributed by atoms with Crippen LogP contribution in [0, 0.1) is 0 Å². The number of rotatable bonds is 7. The fourth-order valence-electron chi connectivity index (χ4n) is 2.10. The Morgan fingerprint density at radius 1 is 1.39 bits per heavy atom. The zero-order chi connectivity index (χ0) is 16.7. The standard InChI is InChI=1S/C16H18N4O3/c1-2-3-8-14(16(22)23)19-15(21)13-7-5-4-6-12(13)9-20-11-17-10-18-20/h2-7,10-11,14H,8-9H2,1H3,(H,19,21)(H,22,23)/b3-2+. The first-order valence-corrected chi connectivity index (χ1v) is 7.17. The van der Waals surface area contributed by atoms with Crippen LogP contribution in [0.1, 0.15) is 29.3 Å². The highest BCUT2D eigenvalue weighted by Crippen LogP contribution is 2.11. The molecule has 0 bridgehead atoms. The van der Waals surface area contributed by atoms with Crippen molar-refractivity contribution in [2.45, 2.75) is 25.9 Å². The first-order valence-electron chi connectivity index (χ1n) is 7.17. The van der Waals surface area contributed by atoms with Crippen molar-refractivity contribution >= 4 is 11.9 Å². The van der Waals surface area contributed by atoms with E-state index in [1.807, 2.05) is 6.07 Å². The van der Waals surface area contributed by atoms with Gasteiger partial charge >= 0.3 is 5.97 Å². The Bertz CT molecular complexity index is 695. The molecule has 120 valence electrons. The molecule has 7 nitrogen and oxygen atoms in total. The number of carboxylic acids is 1. The van der Waals surface area contributed by atoms with E-state index in [0.29, 0.717) is 12.1 Å². The molecule has 2 aromatic rings. The van der Waals surface area contributed by atoms with Crippen LogP contribution in [0.25, 0.3) is 0 Å². The molecule has 0 aliphatic carbocycles. The van der Waals surface area contributed by atoms with Crippen LogP contribution in [-0.4, -0.2) is 37.8 Å². The monoisotopic (exact) mass is 314 g/mol. The second-order valence-electron chi connectivity index (χ2n) is 4.92. The highest BCUT2D eigenvalue weighted by atomic mass is 16.4. The molecule has 0 saturated heterocycles. The van der Waals surface area contributed by atoms with Crippen LogP contribution in [0.15, 0.2) is 49.1 Å². The maximum Gasteiger partial charge on any atom is 0.326 e. The van der Waals surface area contributed by atoms with E-state index in [2.05, 4.69) is 15.4 Å². The molecule has 2 rings (SSSR count). The molecule has 0 spiro atoms. The summed E-state index contributed by atoms with van der Waals surface area (Å²) in [4.78, 5) is 27.5. The maximum atomic E-state index is 12.4. The topological polar surface area (TPSA) is 97.1 Å². The van der Waals surface area contributed by atoms with E-state index >= 15 is 0 Å². The van der Waals surface area contributed by atoms with Gasteiger partial charge < -0.3 is 10.4 Å². The second-order valence-corrected chi connectivity index (χ2v) is 4.92. The molecule has 0 aliphatic heterocycles. The summed E-state index contributed by atoms with van der Waals surface area (Å²) < 4.78 is 1.60. The van der Waals surface area contributed by atoms with Crippen molar-refractivity contribution in [3.8, 4) is 0 Å². The molecule has 0 aliphatic rings. The zero-order valence-electron chi connectivity index (χ0n) is 12.7. The Kier molecular flexibility index (Phi) is 5.62. The van der Waals surface area contributed by atoms with Crippen molar-refractivity contribution in [3.63, 3.8) is 0 Å². The zero-order valence-corrected chi connectivity index (χ0v) is 12.7. The van der Waals surface area contributed by atoms with Crippen LogP contribution in [0.4, 0.5) is 0 Å². The van der Waals surface area contributed by atoms with Crippen molar-refractivity contribution in [1.82, 2.24) is 20.1 Å². The van der Waals surface area contributed by atoms with Gasteiger partial charge in [-0.2, -0.15) is 5.10 Å². The third kappa shape index (κ3) is 4.50. The number of carbonyl (C=O) groups is 2. The average Bonchev–Trinajstić information content (AvgIpc) is 3.04. The number of amides is 1. The van der Waals surface area contributed by atoms with E-state index < -0.39 is 17.9 Å². The van der Waals surface area contributed by atoms with Gasteiger partial charge in [-0.1, -0.05) is 30.4 Å². The molecule has 1 unspecified atom stereocenters. The van der Waals surface area contributed by atoms with Crippen LogP contribution >= 0.6 is 0 Å². The van der Waals surface area contributed by atoms with E-state index in [-0.39, 0.29) is 6.42 Å². The van der Waals surface area contributed by atoms with Gasteiger partial charge in [0.2, 0.25) is 0 Å². The molecular formula is C16H18N4O3. The molecule has 23 heavy (non-hydrogen) atoms. The fourth-order valence-corrected chi connectivity index (χ4v) is 2.10. The van der Waals surface area contributed by atoms with E-state index in [4.69, 9.17) is 0 Å².